The van der Waals surface area contributed by atoms with Crippen molar-refractivity contribution in [2.45, 2.75) is 13.3 Å². The van der Waals surface area contributed by atoms with Crippen molar-refractivity contribution in [3.05, 3.63) is 36.0 Å². The van der Waals surface area contributed by atoms with Crippen LogP contribution in [0.3, 0.4) is 0 Å². The summed E-state index contributed by atoms with van der Waals surface area (Å²) in [6.45, 7) is 2.68. The van der Waals surface area contributed by atoms with Crippen molar-refractivity contribution >= 4 is 22.5 Å². The Bertz CT molecular complexity index is 551. The van der Waals surface area contributed by atoms with Gasteiger partial charge in [0.05, 0.1) is 5.56 Å². The summed E-state index contributed by atoms with van der Waals surface area (Å²) in [7, 11) is 0. The van der Waals surface area contributed by atoms with Gasteiger partial charge in [0.2, 0.25) is 0 Å². The Morgan fingerprint density at radius 1 is 1.35 bits per heavy atom. The van der Waals surface area contributed by atoms with E-state index in [1.165, 1.54) is 6.20 Å². The molecule has 17 heavy (non-hydrogen) atoms. The van der Waals surface area contributed by atoms with E-state index in [0.717, 1.165) is 17.2 Å². The molecule has 0 fully saturated rings. The molecule has 0 bridgehead atoms. The molecule has 0 unspecified atom stereocenters. The average Bonchev–Trinajstić information content (AvgIpc) is 2.37. The van der Waals surface area contributed by atoms with E-state index in [1.54, 1.807) is 0 Å². The minimum Gasteiger partial charge on any atom is -0.383 e. The summed E-state index contributed by atoms with van der Waals surface area (Å²) in [5.74, 6) is 0.350. The fourth-order valence-electron chi connectivity index (χ4n) is 1.73. The first-order valence-corrected chi connectivity index (χ1v) is 5.65. The van der Waals surface area contributed by atoms with Gasteiger partial charge >= 0.3 is 0 Å². The van der Waals surface area contributed by atoms with Crippen molar-refractivity contribution in [1.82, 2.24) is 10.3 Å². The van der Waals surface area contributed by atoms with Crippen molar-refractivity contribution in [1.29, 1.82) is 0 Å². The molecule has 4 heteroatoms. The minimum absolute atomic E-state index is 0.101. The summed E-state index contributed by atoms with van der Waals surface area (Å²) in [5, 5.41) is 4.50. The maximum Gasteiger partial charge on any atom is 0.253 e. The Morgan fingerprint density at radius 2 is 2.06 bits per heavy atom. The Labute approximate surface area is 99.8 Å². The lowest BCUT2D eigenvalue weighted by atomic mass is 10.1. The molecule has 1 heterocycles. The number of nitrogens with zero attached hydrogens (tertiary/aromatic N) is 1. The predicted octanol–water partition coefficient (Wildman–Crippen LogP) is 1.96. The second-order valence-electron chi connectivity index (χ2n) is 3.86. The number of amides is 1. The van der Waals surface area contributed by atoms with E-state index in [2.05, 4.69) is 10.3 Å². The number of carbonyl (C=O) groups is 1. The van der Waals surface area contributed by atoms with Crippen molar-refractivity contribution in [2.75, 3.05) is 12.3 Å². The third-order valence-corrected chi connectivity index (χ3v) is 2.61. The van der Waals surface area contributed by atoms with Gasteiger partial charge < -0.3 is 11.1 Å². The van der Waals surface area contributed by atoms with E-state index in [4.69, 9.17) is 5.73 Å². The quantitative estimate of drug-likeness (QED) is 0.845. The number of anilines is 1. The van der Waals surface area contributed by atoms with Crippen molar-refractivity contribution in [2.24, 2.45) is 0 Å². The second-order valence-corrected chi connectivity index (χ2v) is 3.86. The van der Waals surface area contributed by atoms with E-state index >= 15 is 0 Å². The minimum atomic E-state index is -0.101. The van der Waals surface area contributed by atoms with E-state index in [1.807, 2.05) is 31.2 Å². The zero-order chi connectivity index (χ0) is 12.3. The number of nitrogen functional groups attached to an aromatic ring is 1. The molecule has 3 N–H and O–H groups in total. The molecule has 1 aromatic carbocycles. The van der Waals surface area contributed by atoms with Gasteiger partial charge in [-0.1, -0.05) is 31.2 Å². The van der Waals surface area contributed by atoms with Crippen LogP contribution < -0.4 is 11.1 Å². The molecule has 1 amide bonds. The average molecular weight is 229 g/mol. The predicted molar refractivity (Wildman–Crippen MR) is 68.8 cm³/mol. The number of nitrogens with one attached hydrogen (secondary N) is 1. The summed E-state index contributed by atoms with van der Waals surface area (Å²) in [6.07, 6.45) is 2.44. The van der Waals surface area contributed by atoms with Crippen molar-refractivity contribution < 1.29 is 4.79 Å². The SMILES string of the molecule is CCCNC(=O)c1cnc(N)c2ccccc12. The van der Waals surface area contributed by atoms with Crippen LogP contribution in [-0.4, -0.2) is 17.4 Å². The summed E-state index contributed by atoms with van der Waals surface area (Å²) in [5.41, 5.74) is 6.36. The first-order valence-electron chi connectivity index (χ1n) is 5.65. The maximum absolute atomic E-state index is 11.9. The van der Waals surface area contributed by atoms with E-state index in [9.17, 15) is 4.79 Å². The highest BCUT2D eigenvalue weighted by atomic mass is 16.1. The summed E-state index contributed by atoms with van der Waals surface area (Å²) >= 11 is 0. The Balaban J connectivity index is 2.48. The molecular weight excluding hydrogens is 214 g/mol. The Morgan fingerprint density at radius 3 is 2.76 bits per heavy atom. The van der Waals surface area contributed by atoms with Gasteiger partial charge in [-0.3, -0.25) is 4.79 Å². The molecule has 0 saturated carbocycles. The number of benzene rings is 1. The van der Waals surface area contributed by atoms with Crippen LogP contribution in [-0.2, 0) is 0 Å². The lowest BCUT2D eigenvalue weighted by Crippen LogP contribution is -2.24. The van der Waals surface area contributed by atoms with Crippen LogP contribution in [0.5, 0.6) is 0 Å². The number of hydrogen-bond donors (Lipinski definition) is 2. The number of rotatable bonds is 3. The number of nitrogens with two attached hydrogens (primary N) is 1. The van der Waals surface area contributed by atoms with Crippen LogP contribution in [0, 0.1) is 0 Å². The molecule has 0 aliphatic rings. The van der Waals surface area contributed by atoms with Gasteiger partial charge in [-0.05, 0) is 11.8 Å². The number of pyridine rings is 1. The van der Waals surface area contributed by atoms with Gasteiger partial charge in [0, 0.05) is 18.1 Å². The first kappa shape index (κ1) is 11.4. The van der Waals surface area contributed by atoms with Crippen LogP contribution in [0.25, 0.3) is 10.8 Å². The fourth-order valence-corrected chi connectivity index (χ4v) is 1.73. The molecular formula is C13H15N3O. The zero-order valence-electron chi connectivity index (χ0n) is 9.73. The Kier molecular flexibility index (Phi) is 3.23. The Hall–Kier alpha value is -2.10. The van der Waals surface area contributed by atoms with Crippen molar-refractivity contribution in [3.8, 4) is 0 Å². The summed E-state index contributed by atoms with van der Waals surface area (Å²) in [6, 6.07) is 7.52. The van der Waals surface area contributed by atoms with Crippen LogP contribution >= 0.6 is 0 Å². The van der Waals surface area contributed by atoms with Crippen LogP contribution in [0.4, 0.5) is 5.82 Å². The first-order chi connectivity index (χ1) is 8.24. The fraction of sp³-hybridized carbons (Fsp3) is 0.231. The number of aromatic nitrogens is 1. The standard InChI is InChI=1S/C13H15N3O/c1-2-7-15-13(17)11-8-16-12(14)10-6-4-3-5-9(10)11/h3-6,8H,2,7H2,1H3,(H2,14,16)(H,15,17). The molecule has 88 valence electrons. The summed E-state index contributed by atoms with van der Waals surface area (Å²) in [4.78, 5) is 16.0. The molecule has 0 aliphatic heterocycles. The normalized spacial score (nSPS) is 10.4. The van der Waals surface area contributed by atoms with Gasteiger partial charge in [0.1, 0.15) is 5.82 Å². The smallest absolute Gasteiger partial charge is 0.253 e. The molecule has 0 aliphatic carbocycles. The maximum atomic E-state index is 11.9. The van der Waals surface area contributed by atoms with Crippen LogP contribution in [0.1, 0.15) is 23.7 Å². The highest BCUT2D eigenvalue weighted by Gasteiger charge is 2.11. The largest absolute Gasteiger partial charge is 0.383 e. The monoisotopic (exact) mass is 229 g/mol. The van der Waals surface area contributed by atoms with E-state index < -0.39 is 0 Å². The molecule has 0 atom stereocenters. The number of carbonyl (C=O) groups excluding carboxylic acids is 1. The highest BCUT2D eigenvalue weighted by Crippen LogP contribution is 2.22. The zero-order valence-corrected chi connectivity index (χ0v) is 9.73. The van der Waals surface area contributed by atoms with Crippen LogP contribution in [0.2, 0.25) is 0 Å². The van der Waals surface area contributed by atoms with Gasteiger partial charge in [-0.2, -0.15) is 0 Å². The van der Waals surface area contributed by atoms with Crippen molar-refractivity contribution in [3.63, 3.8) is 0 Å². The van der Waals surface area contributed by atoms with Crippen LogP contribution in [0.15, 0.2) is 30.5 Å². The molecule has 0 saturated heterocycles. The second kappa shape index (κ2) is 4.82. The topological polar surface area (TPSA) is 68.0 Å². The van der Waals surface area contributed by atoms with E-state index in [-0.39, 0.29) is 5.91 Å². The number of fused-ring (bicyclic) bond motifs is 1. The molecule has 0 radical (unpaired) electrons. The third kappa shape index (κ3) is 2.20. The van der Waals surface area contributed by atoms with E-state index in [0.29, 0.717) is 17.9 Å². The lowest BCUT2D eigenvalue weighted by Gasteiger charge is -2.08. The lowest BCUT2D eigenvalue weighted by molar-refractivity contribution is 0.0955. The highest BCUT2D eigenvalue weighted by molar-refractivity contribution is 6.08. The number of hydrogen-bond acceptors (Lipinski definition) is 3. The summed E-state index contributed by atoms with van der Waals surface area (Å²) < 4.78 is 0. The molecule has 0 spiro atoms. The molecule has 4 nitrogen and oxygen atoms in total. The third-order valence-electron chi connectivity index (χ3n) is 2.61. The molecule has 1 aromatic heterocycles. The van der Waals surface area contributed by atoms with Gasteiger partial charge in [0.15, 0.2) is 0 Å². The van der Waals surface area contributed by atoms with Gasteiger partial charge in [-0.15, -0.1) is 0 Å². The van der Waals surface area contributed by atoms with Gasteiger partial charge in [0.25, 0.3) is 5.91 Å². The molecule has 2 rings (SSSR count). The molecule has 2 aromatic rings. The van der Waals surface area contributed by atoms with Gasteiger partial charge in [-0.25, -0.2) is 4.98 Å².